The molecular formula is C20H34O10. The molecule has 0 aromatic heterocycles. The molecule has 2 unspecified atom stereocenters. The highest BCUT2D eigenvalue weighted by Gasteiger charge is 2.08. The molecule has 30 heavy (non-hydrogen) atoms. The van der Waals surface area contributed by atoms with Gasteiger partial charge >= 0.3 is 11.9 Å². The van der Waals surface area contributed by atoms with Crippen LogP contribution in [0, 0.1) is 0 Å². The minimum atomic E-state index is -0.888. The van der Waals surface area contributed by atoms with Crippen LogP contribution in [0.2, 0.25) is 0 Å². The van der Waals surface area contributed by atoms with Gasteiger partial charge in [0.05, 0.1) is 52.9 Å². The predicted octanol–water partition coefficient (Wildman–Crippen LogP) is 0.0132. The van der Waals surface area contributed by atoms with E-state index < -0.39 is 24.1 Å². The first-order valence-corrected chi connectivity index (χ1v) is 9.75. The van der Waals surface area contributed by atoms with Crippen molar-refractivity contribution in [3.05, 3.63) is 24.3 Å². The summed E-state index contributed by atoms with van der Waals surface area (Å²) in [5.41, 5.74) is 0. The van der Waals surface area contributed by atoms with Crippen molar-refractivity contribution in [2.75, 3.05) is 66.1 Å². The Balaban J connectivity index is 3.34. The highest BCUT2D eigenvalue weighted by molar-refractivity contribution is 5.82. The average molecular weight is 434 g/mol. The lowest BCUT2D eigenvalue weighted by Crippen LogP contribution is -2.24. The van der Waals surface area contributed by atoms with Gasteiger partial charge in [0.1, 0.15) is 25.4 Å². The number of esters is 2. The van der Waals surface area contributed by atoms with Crippen molar-refractivity contribution in [2.24, 2.45) is 0 Å². The molecule has 0 spiro atoms. The standard InChI is InChI=1S/C20H34O10/c1-3-5-19(23)29-15-17(21)13-27-11-9-25-7-8-26-10-12-28-14-18(22)16-30-20(24)6-4-2/h3-6,17-18,21-22H,7-16H2,1-2H3. The zero-order valence-corrected chi connectivity index (χ0v) is 17.7. The van der Waals surface area contributed by atoms with Gasteiger partial charge in [-0.05, 0) is 13.8 Å². The molecule has 0 amide bonds. The van der Waals surface area contributed by atoms with Crippen LogP contribution < -0.4 is 0 Å². The molecule has 0 heterocycles. The third kappa shape index (κ3) is 19.5. The number of carbonyl (C=O) groups is 2. The van der Waals surface area contributed by atoms with Crippen LogP contribution in [-0.4, -0.2) is 100 Å². The Morgan fingerprint density at radius 1 is 0.633 bits per heavy atom. The van der Waals surface area contributed by atoms with Crippen LogP contribution in [0.4, 0.5) is 0 Å². The van der Waals surface area contributed by atoms with Crippen LogP contribution in [0.3, 0.4) is 0 Å². The zero-order chi connectivity index (χ0) is 22.5. The van der Waals surface area contributed by atoms with Crippen molar-refractivity contribution in [3.63, 3.8) is 0 Å². The molecule has 2 N–H and O–H groups in total. The summed E-state index contributed by atoms with van der Waals surface area (Å²) in [4.78, 5) is 22.2. The molecule has 2 atom stereocenters. The van der Waals surface area contributed by atoms with Crippen LogP contribution in [0.5, 0.6) is 0 Å². The molecule has 10 nitrogen and oxygen atoms in total. The Labute approximate surface area is 177 Å². The van der Waals surface area contributed by atoms with E-state index in [4.69, 9.17) is 28.4 Å². The smallest absolute Gasteiger partial charge is 0.330 e. The lowest BCUT2D eigenvalue weighted by Gasteiger charge is -2.12. The molecule has 0 saturated heterocycles. The molecule has 0 bridgehead atoms. The Hall–Kier alpha value is -1.82. The van der Waals surface area contributed by atoms with Gasteiger partial charge in [-0.25, -0.2) is 9.59 Å². The second kappa shape index (κ2) is 20.5. The number of rotatable bonds is 19. The molecule has 174 valence electrons. The monoisotopic (exact) mass is 434 g/mol. The van der Waals surface area contributed by atoms with E-state index in [1.165, 1.54) is 12.2 Å². The van der Waals surface area contributed by atoms with Crippen LogP contribution >= 0.6 is 0 Å². The molecule has 0 aliphatic carbocycles. The molecule has 0 radical (unpaired) electrons. The zero-order valence-electron chi connectivity index (χ0n) is 17.7. The van der Waals surface area contributed by atoms with Crippen molar-refractivity contribution < 1.29 is 48.2 Å². The summed E-state index contributed by atoms with van der Waals surface area (Å²) in [7, 11) is 0. The maximum atomic E-state index is 11.1. The molecule has 0 aliphatic heterocycles. The highest BCUT2D eigenvalue weighted by Crippen LogP contribution is 1.92. The molecule has 0 saturated carbocycles. The van der Waals surface area contributed by atoms with E-state index in [0.29, 0.717) is 39.6 Å². The van der Waals surface area contributed by atoms with E-state index in [2.05, 4.69) is 0 Å². The second-order valence-electron chi connectivity index (χ2n) is 5.94. The molecular weight excluding hydrogens is 400 g/mol. The van der Waals surface area contributed by atoms with Gasteiger partial charge in [0.2, 0.25) is 0 Å². The van der Waals surface area contributed by atoms with Gasteiger partial charge < -0.3 is 38.6 Å². The summed E-state index contributed by atoms with van der Waals surface area (Å²) in [6.07, 6.45) is 3.87. The molecule has 10 heteroatoms. The lowest BCUT2D eigenvalue weighted by molar-refractivity contribution is -0.142. The van der Waals surface area contributed by atoms with Gasteiger partial charge in [-0.15, -0.1) is 0 Å². The number of hydrogen-bond acceptors (Lipinski definition) is 10. The lowest BCUT2D eigenvalue weighted by atomic mass is 10.4. The first kappa shape index (κ1) is 28.2. The number of aliphatic hydroxyl groups is 2. The summed E-state index contributed by atoms with van der Waals surface area (Å²) < 4.78 is 30.6. The predicted molar refractivity (Wildman–Crippen MR) is 107 cm³/mol. The molecule has 0 aliphatic rings. The normalized spacial score (nSPS) is 13.6. The summed E-state index contributed by atoms with van der Waals surface area (Å²) in [6, 6.07) is 0. The molecule has 0 aromatic carbocycles. The fraction of sp³-hybridized carbons (Fsp3) is 0.700. The van der Waals surface area contributed by atoms with Gasteiger partial charge in [0, 0.05) is 12.2 Å². The number of carbonyl (C=O) groups excluding carboxylic acids is 2. The van der Waals surface area contributed by atoms with Gasteiger partial charge in [-0.1, -0.05) is 12.2 Å². The van der Waals surface area contributed by atoms with E-state index in [9.17, 15) is 19.8 Å². The van der Waals surface area contributed by atoms with Crippen molar-refractivity contribution in [1.29, 1.82) is 0 Å². The molecule has 0 rings (SSSR count). The molecule has 0 aromatic rings. The molecule has 0 fully saturated rings. The number of ether oxygens (including phenoxy) is 6. The first-order valence-electron chi connectivity index (χ1n) is 9.75. The summed E-state index contributed by atoms with van der Waals surface area (Å²) in [5, 5.41) is 19.2. The van der Waals surface area contributed by atoms with Crippen LogP contribution in [-0.2, 0) is 38.0 Å². The van der Waals surface area contributed by atoms with Gasteiger partial charge in [-0.2, -0.15) is 0 Å². The Bertz CT molecular complexity index is 448. The quantitative estimate of drug-likeness (QED) is 0.163. The highest BCUT2D eigenvalue weighted by atomic mass is 16.6. The largest absolute Gasteiger partial charge is 0.460 e. The number of hydrogen-bond donors (Lipinski definition) is 2. The summed E-state index contributed by atoms with van der Waals surface area (Å²) >= 11 is 0. The van der Waals surface area contributed by atoms with Crippen LogP contribution in [0.1, 0.15) is 13.8 Å². The Morgan fingerprint density at radius 3 is 1.30 bits per heavy atom. The van der Waals surface area contributed by atoms with E-state index >= 15 is 0 Å². The maximum Gasteiger partial charge on any atom is 0.330 e. The van der Waals surface area contributed by atoms with Crippen molar-refractivity contribution in [3.8, 4) is 0 Å². The third-order valence-corrected chi connectivity index (χ3v) is 3.18. The topological polar surface area (TPSA) is 130 Å². The maximum absolute atomic E-state index is 11.1. The van der Waals surface area contributed by atoms with Crippen molar-refractivity contribution >= 4 is 11.9 Å². The Morgan fingerprint density at radius 2 is 0.967 bits per heavy atom. The summed E-state index contributed by atoms with van der Waals surface area (Å²) in [5.74, 6) is -1.01. The van der Waals surface area contributed by atoms with Crippen LogP contribution in [0.15, 0.2) is 24.3 Å². The van der Waals surface area contributed by atoms with Crippen molar-refractivity contribution in [2.45, 2.75) is 26.1 Å². The number of allylic oxidation sites excluding steroid dienone is 2. The summed E-state index contributed by atoms with van der Waals surface area (Å²) in [6.45, 7) is 5.22. The fourth-order valence-corrected chi connectivity index (χ4v) is 1.82. The third-order valence-electron chi connectivity index (χ3n) is 3.18. The average Bonchev–Trinajstić information content (AvgIpc) is 2.72. The Kier molecular flexibility index (Phi) is 19.2. The van der Waals surface area contributed by atoms with Crippen molar-refractivity contribution in [1.82, 2.24) is 0 Å². The minimum Gasteiger partial charge on any atom is -0.460 e. The SMILES string of the molecule is CC=CC(=O)OCC(O)COCCOCCOCCOCC(O)COC(=O)C=CC. The van der Waals surface area contributed by atoms with E-state index in [0.717, 1.165) is 0 Å². The van der Waals surface area contributed by atoms with Gasteiger partial charge in [0.25, 0.3) is 0 Å². The minimum absolute atomic E-state index is 0.0423. The van der Waals surface area contributed by atoms with E-state index in [1.54, 1.807) is 26.0 Å². The van der Waals surface area contributed by atoms with E-state index in [1.807, 2.05) is 0 Å². The van der Waals surface area contributed by atoms with Crippen LogP contribution in [0.25, 0.3) is 0 Å². The van der Waals surface area contributed by atoms with Gasteiger partial charge in [0.15, 0.2) is 0 Å². The van der Waals surface area contributed by atoms with E-state index in [-0.39, 0.29) is 26.4 Å². The second-order valence-corrected chi connectivity index (χ2v) is 5.94. The van der Waals surface area contributed by atoms with Gasteiger partial charge in [-0.3, -0.25) is 0 Å². The fourth-order valence-electron chi connectivity index (χ4n) is 1.82. The number of aliphatic hydroxyl groups excluding tert-OH is 2. The first-order chi connectivity index (χ1) is 14.5.